The number of hydrogen-bond acceptors (Lipinski definition) is 3. The maximum absolute atomic E-state index is 12.3. The van der Waals surface area contributed by atoms with Gasteiger partial charge in [-0.15, -0.1) is 0 Å². The molecule has 102 valence electrons. The molecule has 1 heterocycles. The first-order chi connectivity index (χ1) is 8.57. The van der Waals surface area contributed by atoms with Crippen molar-refractivity contribution in [3.63, 3.8) is 0 Å². The van der Waals surface area contributed by atoms with E-state index in [1.807, 2.05) is 37.7 Å². The fourth-order valence-electron chi connectivity index (χ4n) is 2.06. The van der Waals surface area contributed by atoms with Crippen LogP contribution in [0.5, 0.6) is 0 Å². The predicted molar refractivity (Wildman–Crippen MR) is 71.9 cm³/mol. The molecule has 5 heteroatoms. The highest BCUT2D eigenvalue weighted by Gasteiger charge is 2.33. The zero-order chi connectivity index (χ0) is 13.6. The molecule has 0 aromatic carbocycles. The topological polar surface area (TPSA) is 72.9 Å². The molecule has 0 saturated heterocycles. The van der Waals surface area contributed by atoms with E-state index in [9.17, 15) is 4.79 Å². The number of carbonyl (C=O) groups is 1. The van der Waals surface area contributed by atoms with E-state index >= 15 is 0 Å². The fraction of sp³-hybridized carbons (Fsp3) is 0.692. The van der Waals surface area contributed by atoms with Crippen LogP contribution in [-0.4, -0.2) is 28.3 Å². The van der Waals surface area contributed by atoms with Crippen molar-refractivity contribution >= 4 is 5.91 Å². The molecule has 0 aliphatic carbocycles. The third-order valence-corrected chi connectivity index (χ3v) is 3.62. The molecule has 1 aromatic heterocycles. The molecule has 1 rings (SSSR count). The van der Waals surface area contributed by atoms with Gasteiger partial charge in [0.05, 0.1) is 12.0 Å². The second-order valence-corrected chi connectivity index (χ2v) is 4.79. The lowest BCUT2D eigenvalue weighted by Crippen LogP contribution is -2.49. The highest BCUT2D eigenvalue weighted by Crippen LogP contribution is 2.25. The van der Waals surface area contributed by atoms with Crippen molar-refractivity contribution in [2.75, 3.05) is 6.54 Å². The third-order valence-electron chi connectivity index (χ3n) is 3.62. The van der Waals surface area contributed by atoms with E-state index in [0.717, 1.165) is 12.8 Å². The largest absolute Gasteiger partial charge is 0.351 e. The zero-order valence-corrected chi connectivity index (χ0v) is 11.5. The highest BCUT2D eigenvalue weighted by molar-refractivity contribution is 5.83. The third kappa shape index (κ3) is 3.32. The summed E-state index contributed by atoms with van der Waals surface area (Å²) in [4.78, 5) is 12.3. The van der Waals surface area contributed by atoms with Crippen LogP contribution >= 0.6 is 0 Å². The van der Waals surface area contributed by atoms with E-state index in [0.29, 0.717) is 13.1 Å². The SMILES string of the molecule is CCC(CC)(CN)C(=O)NC(C)Cn1cccn1. The molecule has 18 heavy (non-hydrogen) atoms. The summed E-state index contributed by atoms with van der Waals surface area (Å²) in [5.41, 5.74) is 5.33. The van der Waals surface area contributed by atoms with Gasteiger partial charge in [0, 0.05) is 25.0 Å². The Morgan fingerprint density at radius 3 is 2.61 bits per heavy atom. The Morgan fingerprint density at radius 2 is 2.17 bits per heavy atom. The van der Waals surface area contributed by atoms with E-state index in [4.69, 9.17) is 5.73 Å². The molecule has 0 fully saturated rings. The van der Waals surface area contributed by atoms with Gasteiger partial charge in [0.1, 0.15) is 0 Å². The van der Waals surface area contributed by atoms with Gasteiger partial charge in [0.15, 0.2) is 0 Å². The summed E-state index contributed by atoms with van der Waals surface area (Å²) in [5.74, 6) is 0.0506. The van der Waals surface area contributed by atoms with Gasteiger partial charge in [0.25, 0.3) is 0 Å². The van der Waals surface area contributed by atoms with Crippen molar-refractivity contribution in [3.05, 3.63) is 18.5 Å². The van der Waals surface area contributed by atoms with Crippen LogP contribution < -0.4 is 11.1 Å². The predicted octanol–water partition coefficient (Wildman–Crippen LogP) is 1.15. The van der Waals surface area contributed by atoms with Crippen molar-refractivity contribution < 1.29 is 4.79 Å². The van der Waals surface area contributed by atoms with E-state index in [2.05, 4.69) is 10.4 Å². The first-order valence-electron chi connectivity index (χ1n) is 6.56. The summed E-state index contributed by atoms with van der Waals surface area (Å²) < 4.78 is 1.81. The van der Waals surface area contributed by atoms with Crippen LogP contribution in [0.4, 0.5) is 0 Å². The summed E-state index contributed by atoms with van der Waals surface area (Å²) in [6.07, 6.45) is 5.15. The van der Waals surface area contributed by atoms with Crippen LogP contribution in [0.15, 0.2) is 18.5 Å². The van der Waals surface area contributed by atoms with Crippen molar-refractivity contribution in [2.24, 2.45) is 11.1 Å². The molecule has 1 aromatic rings. The van der Waals surface area contributed by atoms with Gasteiger partial charge in [-0.05, 0) is 25.8 Å². The maximum Gasteiger partial charge on any atom is 0.227 e. The molecule has 0 saturated carbocycles. The minimum atomic E-state index is -0.432. The Bertz CT molecular complexity index is 349. The first-order valence-corrected chi connectivity index (χ1v) is 6.56. The minimum absolute atomic E-state index is 0.0430. The molecule has 0 aliphatic rings. The number of carbonyl (C=O) groups excluding carboxylic acids is 1. The maximum atomic E-state index is 12.3. The Morgan fingerprint density at radius 1 is 1.50 bits per heavy atom. The molecule has 1 unspecified atom stereocenters. The minimum Gasteiger partial charge on any atom is -0.351 e. The Labute approximate surface area is 109 Å². The Balaban J connectivity index is 2.57. The van der Waals surface area contributed by atoms with Gasteiger partial charge in [-0.3, -0.25) is 9.48 Å². The molecule has 5 nitrogen and oxygen atoms in total. The van der Waals surface area contributed by atoms with E-state index in [1.54, 1.807) is 6.20 Å². The van der Waals surface area contributed by atoms with Gasteiger partial charge in [0.2, 0.25) is 5.91 Å². The number of amides is 1. The molecular formula is C13H24N4O. The zero-order valence-electron chi connectivity index (χ0n) is 11.5. The molecule has 0 aliphatic heterocycles. The van der Waals surface area contributed by atoms with Gasteiger partial charge in [-0.25, -0.2) is 0 Å². The molecule has 1 atom stereocenters. The number of nitrogens with zero attached hydrogens (tertiary/aromatic N) is 2. The van der Waals surface area contributed by atoms with Crippen molar-refractivity contribution in [2.45, 2.75) is 46.2 Å². The summed E-state index contributed by atoms with van der Waals surface area (Å²) in [6.45, 7) is 7.06. The fourth-order valence-corrected chi connectivity index (χ4v) is 2.06. The lowest BCUT2D eigenvalue weighted by Gasteiger charge is -2.30. The van der Waals surface area contributed by atoms with Crippen LogP contribution in [0.3, 0.4) is 0 Å². The van der Waals surface area contributed by atoms with Crippen LogP contribution in [0.2, 0.25) is 0 Å². The normalized spacial score (nSPS) is 13.3. The van der Waals surface area contributed by atoms with Gasteiger partial charge < -0.3 is 11.1 Å². The number of nitrogens with two attached hydrogens (primary N) is 1. The standard InChI is InChI=1S/C13H24N4O/c1-4-13(5-2,10-14)12(18)16-11(3)9-17-8-6-7-15-17/h6-8,11H,4-5,9-10,14H2,1-3H3,(H,16,18). The molecule has 0 radical (unpaired) electrons. The first kappa shape index (κ1) is 14.7. The quantitative estimate of drug-likeness (QED) is 0.764. The lowest BCUT2D eigenvalue weighted by molar-refractivity contribution is -0.131. The van der Waals surface area contributed by atoms with Crippen LogP contribution in [0.1, 0.15) is 33.6 Å². The van der Waals surface area contributed by atoms with E-state index in [-0.39, 0.29) is 11.9 Å². The van der Waals surface area contributed by atoms with Crippen LogP contribution in [-0.2, 0) is 11.3 Å². The second-order valence-electron chi connectivity index (χ2n) is 4.79. The molecule has 3 N–H and O–H groups in total. The number of aromatic nitrogens is 2. The highest BCUT2D eigenvalue weighted by atomic mass is 16.2. The van der Waals surface area contributed by atoms with Gasteiger partial charge in [-0.2, -0.15) is 5.10 Å². The summed E-state index contributed by atoms with van der Waals surface area (Å²) in [5, 5.41) is 7.16. The van der Waals surface area contributed by atoms with E-state index < -0.39 is 5.41 Å². The summed E-state index contributed by atoms with van der Waals surface area (Å²) >= 11 is 0. The second kappa shape index (κ2) is 6.54. The van der Waals surface area contributed by atoms with Gasteiger partial charge >= 0.3 is 0 Å². The summed E-state index contributed by atoms with van der Waals surface area (Å²) in [7, 11) is 0. The monoisotopic (exact) mass is 252 g/mol. The number of hydrogen-bond donors (Lipinski definition) is 2. The average molecular weight is 252 g/mol. The molecular weight excluding hydrogens is 228 g/mol. The van der Waals surface area contributed by atoms with Crippen LogP contribution in [0, 0.1) is 5.41 Å². The molecule has 1 amide bonds. The lowest BCUT2D eigenvalue weighted by atomic mass is 9.81. The van der Waals surface area contributed by atoms with Crippen molar-refractivity contribution in [3.8, 4) is 0 Å². The Hall–Kier alpha value is -1.36. The Kier molecular flexibility index (Phi) is 5.34. The van der Waals surface area contributed by atoms with Gasteiger partial charge in [-0.1, -0.05) is 13.8 Å². The smallest absolute Gasteiger partial charge is 0.227 e. The van der Waals surface area contributed by atoms with E-state index in [1.165, 1.54) is 0 Å². The molecule has 0 spiro atoms. The molecule has 0 bridgehead atoms. The summed E-state index contributed by atoms with van der Waals surface area (Å²) in [6, 6.07) is 1.91. The average Bonchev–Trinajstić information content (AvgIpc) is 2.84. The van der Waals surface area contributed by atoms with Crippen molar-refractivity contribution in [1.82, 2.24) is 15.1 Å². The van der Waals surface area contributed by atoms with Crippen molar-refractivity contribution in [1.29, 1.82) is 0 Å². The number of nitrogens with one attached hydrogen (secondary N) is 1. The number of rotatable bonds is 7. The van der Waals surface area contributed by atoms with Crippen LogP contribution in [0.25, 0.3) is 0 Å².